The molecule has 3 heteroatoms. The number of allylic oxidation sites excluding steroid dienone is 3. The number of ketones is 2. The summed E-state index contributed by atoms with van der Waals surface area (Å²) in [4.78, 5) is 28.9. The summed E-state index contributed by atoms with van der Waals surface area (Å²) in [5.41, 5.74) is 3.32. The van der Waals surface area contributed by atoms with E-state index >= 15 is 0 Å². The largest absolute Gasteiger partial charge is 0.368 e. The van der Waals surface area contributed by atoms with Crippen molar-refractivity contribution in [2.45, 2.75) is 86.6 Å². The van der Waals surface area contributed by atoms with E-state index in [0.29, 0.717) is 16.7 Å². The number of fused-ring (bicyclic) bond motifs is 1. The summed E-state index contributed by atoms with van der Waals surface area (Å²) in [5.74, 6) is -0.275. The number of benzene rings is 1. The van der Waals surface area contributed by atoms with Gasteiger partial charge in [-0.25, -0.2) is 0 Å². The van der Waals surface area contributed by atoms with Gasteiger partial charge >= 0.3 is 0 Å². The smallest absolute Gasteiger partial charge is 0.199 e. The lowest BCUT2D eigenvalue weighted by Crippen LogP contribution is -2.45. The Kier molecular flexibility index (Phi) is 8.23. The van der Waals surface area contributed by atoms with Crippen molar-refractivity contribution in [3.63, 3.8) is 0 Å². The van der Waals surface area contributed by atoms with Crippen LogP contribution in [0.3, 0.4) is 0 Å². The Balaban J connectivity index is 2.59. The van der Waals surface area contributed by atoms with Gasteiger partial charge in [-0.1, -0.05) is 70.4 Å². The lowest BCUT2D eigenvalue weighted by molar-refractivity contribution is 0.0932. The molecule has 1 aromatic rings. The van der Waals surface area contributed by atoms with Crippen LogP contribution in [0.2, 0.25) is 0 Å². The molecule has 0 aromatic heterocycles. The molecule has 3 nitrogen and oxygen atoms in total. The summed E-state index contributed by atoms with van der Waals surface area (Å²) >= 11 is 0. The summed E-state index contributed by atoms with van der Waals surface area (Å²) in [6.07, 6.45) is 7.88. The molecular weight excluding hydrogens is 370 g/mol. The Bertz CT molecular complexity index is 811. The number of nitrogens with zero attached hydrogens (tertiary/aromatic N) is 1. The van der Waals surface area contributed by atoms with E-state index in [-0.39, 0.29) is 23.0 Å². The van der Waals surface area contributed by atoms with E-state index in [4.69, 9.17) is 0 Å². The monoisotopic (exact) mass is 409 g/mol. The van der Waals surface area contributed by atoms with E-state index in [1.54, 1.807) is 12.1 Å². The molecule has 0 fully saturated rings. The third kappa shape index (κ3) is 4.45. The fourth-order valence-electron chi connectivity index (χ4n) is 4.63. The predicted molar refractivity (Wildman–Crippen MR) is 126 cm³/mol. The Hall–Kier alpha value is -2.16. The molecule has 0 aliphatic heterocycles. The number of hydrogen-bond acceptors (Lipinski definition) is 3. The normalized spacial score (nSPS) is 17.0. The summed E-state index contributed by atoms with van der Waals surface area (Å²) < 4.78 is 0. The van der Waals surface area contributed by atoms with Gasteiger partial charge in [0.05, 0.1) is 11.3 Å². The van der Waals surface area contributed by atoms with Gasteiger partial charge in [0.1, 0.15) is 0 Å². The third-order valence-corrected chi connectivity index (χ3v) is 7.18. The van der Waals surface area contributed by atoms with E-state index in [9.17, 15) is 9.59 Å². The van der Waals surface area contributed by atoms with Crippen molar-refractivity contribution in [3.8, 4) is 0 Å². The molecule has 0 spiro atoms. The van der Waals surface area contributed by atoms with Crippen molar-refractivity contribution in [2.75, 3.05) is 6.54 Å². The molecule has 0 radical (unpaired) electrons. The highest BCUT2D eigenvalue weighted by Crippen LogP contribution is 2.40. The van der Waals surface area contributed by atoms with Gasteiger partial charge in [0, 0.05) is 23.7 Å². The minimum Gasteiger partial charge on any atom is -0.368 e. The zero-order valence-corrected chi connectivity index (χ0v) is 20.0. The second kappa shape index (κ2) is 10.2. The average molecular weight is 410 g/mol. The maximum absolute atomic E-state index is 13.3. The second-order valence-electron chi connectivity index (χ2n) is 8.83. The quantitative estimate of drug-likeness (QED) is 0.237. The molecule has 0 bridgehead atoms. The van der Waals surface area contributed by atoms with Crippen molar-refractivity contribution < 1.29 is 9.59 Å². The van der Waals surface area contributed by atoms with Crippen LogP contribution < -0.4 is 0 Å². The Labute approximate surface area is 183 Å². The lowest BCUT2D eigenvalue weighted by atomic mass is 9.75. The van der Waals surface area contributed by atoms with E-state index in [1.165, 1.54) is 19.3 Å². The van der Waals surface area contributed by atoms with Gasteiger partial charge < -0.3 is 4.90 Å². The first-order valence-electron chi connectivity index (χ1n) is 11.6. The van der Waals surface area contributed by atoms with Crippen LogP contribution in [0.4, 0.5) is 0 Å². The highest BCUT2D eigenvalue weighted by molar-refractivity contribution is 6.40. The van der Waals surface area contributed by atoms with Crippen LogP contribution in [0.15, 0.2) is 47.2 Å². The minimum atomic E-state index is -0.137. The van der Waals surface area contributed by atoms with Crippen molar-refractivity contribution in [1.82, 2.24) is 4.90 Å². The summed E-state index contributed by atoms with van der Waals surface area (Å²) in [6.45, 7) is 16.0. The van der Waals surface area contributed by atoms with Gasteiger partial charge in [-0.05, 0) is 51.5 Å². The summed E-state index contributed by atoms with van der Waals surface area (Å²) in [6, 6.07) is 7.41. The van der Waals surface area contributed by atoms with Crippen molar-refractivity contribution >= 4 is 11.6 Å². The molecule has 0 saturated heterocycles. The first-order valence-corrected chi connectivity index (χ1v) is 11.6. The number of carbonyl (C=O) groups excluding carboxylic acids is 2. The molecule has 1 aliphatic carbocycles. The van der Waals surface area contributed by atoms with Crippen molar-refractivity contribution in [1.29, 1.82) is 0 Å². The molecule has 30 heavy (non-hydrogen) atoms. The number of rotatable bonds is 10. The van der Waals surface area contributed by atoms with E-state index in [2.05, 4.69) is 39.5 Å². The molecule has 2 atom stereocenters. The molecule has 164 valence electrons. The van der Waals surface area contributed by atoms with Gasteiger partial charge in [-0.2, -0.15) is 0 Å². The van der Waals surface area contributed by atoms with Crippen LogP contribution in [-0.4, -0.2) is 29.1 Å². The van der Waals surface area contributed by atoms with Gasteiger partial charge in [0.2, 0.25) is 0 Å². The SMILES string of the molecule is C/C=C(\C)C(=C1C(=O)c2ccccc2C1=O)N(CC)C(C)C(C)(CC)CCCCC. The molecule has 0 saturated carbocycles. The van der Waals surface area contributed by atoms with Crippen LogP contribution in [-0.2, 0) is 0 Å². The maximum atomic E-state index is 13.3. The number of Topliss-reactive ketones (excluding diaryl/α,β-unsaturated/α-hetero) is 2. The topological polar surface area (TPSA) is 37.4 Å². The fourth-order valence-corrected chi connectivity index (χ4v) is 4.63. The predicted octanol–water partition coefficient (Wildman–Crippen LogP) is 6.99. The van der Waals surface area contributed by atoms with Gasteiger partial charge in [-0.3, -0.25) is 9.59 Å². The lowest BCUT2D eigenvalue weighted by Gasteiger charge is -2.44. The standard InChI is InChI=1S/C27H39NO2/c1-8-12-15-18-27(7,10-3)20(6)28(11-4)24(19(5)9-2)23-25(29)21-16-13-14-17-22(21)26(23)30/h9,13-14,16-17,20H,8,10-12,15,18H2,1-7H3/b19-9+. The van der Waals surface area contributed by atoms with Crippen LogP contribution in [0, 0.1) is 5.41 Å². The number of likely N-dealkylation sites (N-methyl/N-ethyl adjacent to an activating group) is 1. The molecule has 2 rings (SSSR count). The van der Waals surface area contributed by atoms with Crippen molar-refractivity contribution in [3.05, 3.63) is 58.3 Å². The number of hydrogen-bond donors (Lipinski definition) is 0. The Morgan fingerprint density at radius 2 is 1.63 bits per heavy atom. The fraction of sp³-hybridized carbons (Fsp3) is 0.556. The molecule has 1 aliphatic rings. The second-order valence-corrected chi connectivity index (χ2v) is 8.83. The highest BCUT2D eigenvalue weighted by atomic mass is 16.2. The van der Waals surface area contributed by atoms with Gasteiger partial charge in [0.15, 0.2) is 11.6 Å². The van der Waals surface area contributed by atoms with E-state index in [1.807, 2.05) is 32.1 Å². The minimum absolute atomic E-state index is 0.114. The number of carbonyl (C=O) groups is 2. The highest BCUT2D eigenvalue weighted by Gasteiger charge is 2.40. The van der Waals surface area contributed by atoms with Gasteiger partial charge in [-0.15, -0.1) is 0 Å². The summed E-state index contributed by atoms with van der Waals surface area (Å²) in [7, 11) is 0. The average Bonchev–Trinajstić information content (AvgIpc) is 3.01. The Morgan fingerprint density at radius 1 is 1.07 bits per heavy atom. The zero-order chi connectivity index (χ0) is 22.5. The number of unbranched alkanes of at least 4 members (excludes halogenated alkanes) is 2. The first kappa shape index (κ1) is 24.1. The summed E-state index contributed by atoms with van der Waals surface area (Å²) in [5, 5.41) is 0. The van der Waals surface area contributed by atoms with Gasteiger partial charge in [0.25, 0.3) is 0 Å². The maximum Gasteiger partial charge on any atom is 0.199 e. The molecule has 0 N–H and O–H groups in total. The molecule has 2 unspecified atom stereocenters. The first-order chi connectivity index (χ1) is 14.3. The van der Waals surface area contributed by atoms with Crippen molar-refractivity contribution in [2.24, 2.45) is 5.41 Å². The third-order valence-electron chi connectivity index (χ3n) is 7.18. The Morgan fingerprint density at radius 3 is 2.07 bits per heavy atom. The van der Waals surface area contributed by atoms with Crippen LogP contribution in [0.1, 0.15) is 101 Å². The van der Waals surface area contributed by atoms with Crippen LogP contribution >= 0.6 is 0 Å². The molecule has 0 heterocycles. The molecular formula is C27H39NO2. The molecule has 1 aromatic carbocycles. The van der Waals surface area contributed by atoms with E-state index < -0.39 is 0 Å². The zero-order valence-electron chi connectivity index (χ0n) is 20.0. The van der Waals surface area contributed by atoms with E-state index in [0.717, 1.165) is 30.7 Å². The van der Waals surface area contributed by atoms with Crippen LogP contribution in [0.25, 0.3) is 0 Å². The van der Waals surface area contributed by atoms with Crippen LogP contribution in [0.5, 0.6) is 0 Å². The molecule has 0 amide bonds.